The third-order valence-corrected chi connectivity index (χ3v) is 3.25. The maximum absolute atomic E-state index is 6.32. The minimum Gasteiger partial charge on any atom is -0.388 e. The maximum atomic E-state index is 6.32. The standard InChI is InChI=1S/C15H17ClN2/c1-17-14-9-5-8-13(16)15(14)11-6-4-7-12(10-11)18(2)3/h4-10,17H,1-3H3. The average Bonchev–Trinajstić information content (AvgIpc) is 2.38. The Morgan fingerprint density at radius 3 is 2.44 bits per heavy atom. The Hall–Kier alpha value is -1.67. The number of halogens is 1. The van der Waals surface area contributed by atoms with Gasteiger partial charge in [0.15, 0.2) is 0 Å². The van der Waals surface area contributed by atoms with Gasteiger partial charge in [-0.05, 0) is 29.8 Å². The van der Waals surface area contributed by atoms with Gasteiger partial charge in [0.1, 0.15) is 0 Å². The summed E-state index contributed by atoms with van der Waals surface area (Å²) in [5.74, 6) is 0. The van der Waals surface area contributed by atoms with E-state index in [2.05, 4.69) is 28.4 Å². The third-order valence-electron chi connectivity index (χ3n) is 2.93. The van der Waals surface area contributed by atoms with Gasteiger partial charge in [-0.2, -0.15) is 0 Å². The topological polar surface area (TPSA) is 15.3 Å². The van der Waals surface area contributed by atoms with Crippen LogP contribution >= 0.6 is 11.6 Å². The van der Waals surface area contributed by atoms with Crippen molar-refractivity contribution in [3.05, 3.63) is 47.5 Å². The van der Waals surface area contributed by atoms with Crippen molar-refractivity contribution in [1.82, 2.24) is 0 Å². The second kappa shape index (κ2) is 5.32. The molecule has 0 unspecified atom stereocenters. The minimum absolute atomic E-state index is 0.762. The molecule has 0 aromatic heterocycles. The Kier molecular flexibility index (Phi) is 3.78. The molecule has 0 bridgehead atoms. The Labute approximate surface area is 113 Å². The number of anilines is 2. The fraction of sp³-hybridized carbons (Fsp3) is 0.200. The van der Waals surface area contributed by atoms with Crippen molar-refractivity contribution in [3.63, 3.8) is 0 Å². The number of nitrogens with zero attached hydrogens (tertiary/aromatic N) is 1. The lowest BCUT2D eigenvalue weighted by Gasteiger charge is -2.16. The summed E-state index contributed by atoms with van der Waals surface area (Å²) in [5.41, 5.74) is 4.37. The van der Waals surface area contributed by atoms with Crippen molar-refractivity contribution in [2.45, 2.75) is 0 Å². The summed E-state index contributed by atoms with van der Waals surface area (Å²) in [7, 11) is 5.97. The van der Waals surface area contributed by atoms with E-state index in [-0.39, 0.29) is 0 Å². The van der Waals surface area contributed by atoms with Crippen LogP contribution in [0.25, 0.3) is 11.1 Å². The normalized spacial score (nSPS) is 10.2. The predicted molar refractivity (Wildman–Crippen MR) is 80.8 cm³/mol. The molecule has 0 amide bonds. The molecule has 0 atom stereocenters. The van der Waals surface area contributed by atoms with E-state index in [9.17, 15) is 0 Å². The summed E-state index contributed by atoms with van der Waals surface area (Å²) in [5, 5.41) is 3.95. The summed E-state index contributed by atoms with van der Waals surface area (Å²) in [4.78, 5) is 2.08. The van der Waals surface area contributed by atoms with E-state index in [0.717, 1.165) is 27.5 Å². The molecule has 0 saturated carbocycles. The van der Waals surface area contributed by atoms with Crippen molar-refractivity contribution in [2.24, 2.45) is 0 Å². The summed E-state index contributed by atoms with van der Waals surface area (Å²) in [6.07, 6.45) is 0. The largest absolute Gasteiger partial charge is 0.388 e. The van der Waals surface area contributed by atoms with Crippen LogP contribution in [-0.4, -0.2) is 21.1 Å². The number of nitrogens with one attached hydrogen (secondary N) is 1. The molecule has 2 aromatic rings. The van der Waals surface area contributed by atoms with Crippen molar-refractivity contribution < 1.29 is 0 Å². The summed E-state index contributed by atoms with van der Waals surface area (Å²) in [6, 6.07) is 14.3. The van der Waals surface area contributed by atoms with Gasteiger partial charge in [-0.1, -0.05) is 29.8 Å². The third kappa shape index (κ3) is 2.44. The van der Waals surface area contributed by atoms with E-state index in [1.54, 1.807) is 0 Å². The van der Waals surface area contributed by atoms with Crippen LogP contribution in [0.15, 0.2) is 42.5 Å². The van der Waals surface area contributed by atoms with Crippen LogP contribution in [-0.2, 0) is 0 Å². The van der Waals surface area contributed by atoms with Gasteiger partial charge in [0.2, 0.25) is 0 Å². The zero-order valence-corrected chi connectivity index (χ0v) is 11.6. The molecule has 2 rings (SSSR count). The highest BCUT2D eigenvalue weighted by atomic mass is 35.5. The van der Waals surface area contributed by atoms with Crippen molar-refractivity contribution in [2.75, 3.05) is 31.4 Å². The first-order valence-corrected chi connectivity index (χ1v) is 6.25. The van der Waals surface area contributed by atoms with Crippen LogP contribution in [0.3, 0.4) is 0 Å². The van der Waals surface area contributed by atoms with Gasteiger partial charge < -0.3 is 10.2 Å². The molecule has 0 saturated heterocycles. The van der Waals surface area contributed by atoms with E-state index >= 15 is 0 Å². The highest BCUT2D eigenvalue weighted by Crippen LogP contribution is 2.35. The predicted octanol–water partition coefficient (Wildman–Crippen LogP) is 4.11. The van der Waals surface area contributed by atoms with E-state index in [1.807, 2.05) is 45.4 Å². The quantitative estimate of drug-likeness (QED) is 0.893. The smallest absolute Gasteiger partial charge is 0.0505 e. The fourth-order valence-electron chi connectivity index (χ4n) is 1.97. The van der Waals surface area contributed by atoms with Gasteiger partial charge in [0.05, 0.1) is 5.02 Å². The molecule has 2 nitrogen and oxygen atoms in total. The number of hydrogen-bond acceptors (Lipinski definition) is 2. The summed E-state index contributed by atoms with van der Waals surface area (Å²) in [6.45, 7) is 0. The van der Waals surface area contributed by atoms with Crippen LogP contribution in [0.5, 0.6) is 0 Å². The molecule has 18 heavy (non-hydrogen) atoms. The molecule has 0 aliphatic heterocycles. The highest BCUT2D eigenvalue weighted by Gasteiger charge is 2.09. The fourth-order valence-corrected chi connectivity index (χ4v) is 2.25. The number of rotatable bonds is 3. The monoisotopic (exact) mass is 260 g/mol. The first kappa shape index (κ1) is 12.8. The van der Waals surface area contributed by atoms with E-state index in [4.69, 9.17) is 11.6 Å². The van der Waals surface area contributed by atoms with Gasteiger partial charge >= 0.3 is 0 Å². The second-order valence-corrected chi connectivity index (χ2v) is 4.76. The Morgan fingerprint density at radius 2 is 1.78 bits per heavy atom. The SMILES string of the molecule is CNc1cccc(Cl)c1-c1cccc(N(C)C)c1. The molecule has 94 valence electrons. The van der Waals surface area contributed by atoms with Gasteiger partial charge in [-0.15, -0.1) is 0 Å². The molecule has 3 heteroatoms. The van der Waals surface area contributed by atoms with Gasteiger partial charge in [-0.25, -0.2) is 0 Å². The molecule has 0 aliphatic rings. The molecule has 1 N–H and O–H groups in total. The average molecular weight is 261 g/mol. The maximum Gasteiger partial charge on any atom is 0.0505 e. The van der Waals surface area contributed by atoms with Crippen LogP contribution in [0.2, 0.25) is 5.02 Å². The van der Waals surface area contributed by atoms with E-state index < -0.39 is 0 Å². The van der Waals surface area contributed by atoms with Crippen LogP contribution in [0.4, 0.5) is 11.4 Å². The van der Waals surface area contributed by atoms with Crippen LogP contribution in [0.1, 0.15) is 0 Å². The molecule has 0 fully saturated rings. The van der Waals surface area contributed by atoms with Crippen LogP contribution in [0, 0.1) is 0 Å². The summed E-state index contributed by atoms with van der Waals surface area (Å²) < 4.78 is 0. The van der Waals surface area contributed by atoms with Gasteiger partial charge in [-0.3, -0.25) is 0 Å². The molecule has 0 radical (unpaired) electrons. The Bertz CT molecular complexity index is 550. The Balaban J connectivity index is 2.58. The van der Waals surface area contributed by atoms with E-state index in [0.29, 0.717) is 0 Å². The zero-order chi connectivity index (χ0) is 13.1. The van der Waals surface area contributed by atoms with Crippen molar-refractivity contribution in [1.29, 1.82) is 0 Å². The lowest BCUT2D eigenvalue weighted by molar-refractivity contribution is 1.13. The first-order chi connectivity index (χ1) is 8.63. The number of benzene rings is 2. The van der Waals surface area contributed by atoms with Gasteiger partial charge in [0, 0.05) is 38.1 Å². The van der Waals surface area contributed by atoms with E-state index in [1.165, 1.54) is 0 Å². The second-order valence-electron chi connectivity index (χ2n) is 4.36. The molecular weight excluding hydrogens is 244 g/mol. The number of hydrogen-bond donors (Lipinski definition) is 1. The van der Waals surface area contributed by atoms with Gasteiger partial charge in [0.25, 0.3) is 0 Å². The summed E-state index contributed by atoms with van der Waals surface area (Å²) >= 11 is 6.32. The van der Waals surface area contributed by atoms with Crippen LogP contribution < -0.4 is 10.2 Å². The molecule has 0 heterocycles. The first-order valence-electron chi connectivity index (χ1n) is 5.87. The van der Waals surface area contributed by atoms with Crippen molar-refractivity contribution in [3.8, 4) is 11.1 Å². The molecule has 2 aromatic carbocycles. The lowest BCUT2D eigenvalue weighted by Crippen LogP contribution is -2.08. The molecule has 0 spiro atoms. The lowest BCUT2D eigenvalue weighted by atomic mass is 10.0. The Morgan fingerprint density at radius 1 is 1.06 bits per heavy atom. The molecular formula is C15H17ClN2. The molecule has 0 aliphatic carbocycles. The highest BCUT2D eigenvalue weighted by molar-refractivity contribution is 6.34. The van der Waals surface area contributed by atoms with Crippen molar-refractivity contribution >= 4 is 23.0 Å². The minimum atomic E-state index is 0.762. The zero-order valence-electron chi connectivity index (χ0n) is 10.9.